The van der Waals surface area contributed by atoms with E-state index in [1.807, 2.05) is 12.3 Å². The normalized spacial score (nSPS) is 13.4. The molecule has 0 atom stereocenters. The molecule has 0 spiro atoms. The Morgan fingerprint density at radius 1 is 1.44 bits per heavy atom. The summed E-state index contributed by atoms with van der Waals surface area (Å²) in [4.78, 5) is 33.6. The Balaban J connectivity index is 1.71. The first-order chi connectivity index (χ1) is 13.0. The smallest absolute Gasteiger partial charge is 0.294 e. The SMILES string of the molecule is Cc1csc(Cl)c1NC1=NCCN1C(=O)Cc1ccccc1CO[N+](=O)[O-]. The van der Waals surface area contributed by atoms with Crippen molar-refractivity contribution in [3.8, 4) is 0 Å². The molecule has 1 aliphatic heterocycles. The van der Waals surface area contributed by atoms with E-state index in [-0.39, 0.29) is 18.9 Å². The molecule has 0 aliphatic carbocycles. The number of carbonyl (C=O) groups excluding carboxylic acids is 1. The molecule has 3 rings (SSSR count). The summed E-state index contributed by atoms with van der Waals surface area (Å²) in [6.45, 7) is 2.70. The van der Waals surface area contributed by atoms with Crippen LogP contribution in [-0.2, 0) is 22.7 Å². The molecule has 1 amide bonds. The van der Waals surface area contributed by atoms with Crippen LogP contribution in [0.2, 0.25) is 4.34 Å². The lowest BCUT2D eigenvalue weighted by molar-refractivity contribution is -0.763. The number of hydrogen-bond donors (Lipinski definition) is 1. The maximum atomic E-state index is 12.8. The predicted octanol–water partition coefficient (Wildman–Crippen LogP) is 3.27. The summed E-state index contributed by atoms with van der Waals surface area (Å²) in [6, 6.07) is 7.00. The van der Waals surface area contributed by atoms with Crippen LogP contribution in [0.15, 0.2) is 34.6 Å². The number of nitrogens with one attached hydrogen (secondary N) is 1. The zero-order chi connectivity index (χ0) is 19.4. The van der Waals surface area contributed by atoms with E-state index in [4.69, 9.17) is 11.6 Å². The zero-order valence-electron chi connectivity index (χ0n) is 14.5. The fourth-order valence-electron chi connectivity index (χ4n) is 2.72. The van der Waals surface area contributed by atoms with Gasteiger partial charge in [-0.25, -0.2) is 0 Å². The van der Waals surface area contributed by atoms with Gasteiger partial charge in [-0.2, -0.15) is 0 Å². The first kappa shape index (κ1) is 19.1. The van der Waals surface area contributed by atoms with Crippen LogP contribution in [0.5, 0.6) is 0 Å². The first-order valence-electron chi connectivity index (χ1n) is 8.15. The molecule has 1 N–H and O–H groups in total. The molecule has 27 heavy (non-hydrogen) atoms. The van der Waals surface area contributed by atoms with Crippen molar-refractivity contribution >= 4 is 40.5 Å². The van der Waals surface area contributed by atoms with Gasteiger partial charge in [0.25, 0.3) is 5.09 Å². The van der Waals surface area contributed by atoms with Gasteiger partial charge in [-0.15, -0.1) is 21.5 Å². The van der Waals surface area contributed by atoms with Crippen molar-refractivity contribution in [1.29, 1.82) is 0 Å². The van der Waals surface area contributed by atoms with Gasteiger partial charge in [0.15, 0.2) is 0 Å². The Morgan fingerprint density at radius 3 is 2.85 bits per heavy atom. The molecule has 142 valence electrons. The number of aliphatic imine (C=N–C) groups is 1. The van der Waals surface area contributed by atoms with Gasteiger partial charge in [-0.3, -0.25) is 14.7 Å². The highest BCUT2D eigenvalue weighted by Crippen LogP contribution is 2.32. The van der Waals surface area contributed by atoms with Crippen molar-refractivity contribution in [3.05, 3.63) is 60.8 Å². The fourth-order valence-corrected chi connectivity index (χ4v) is 3.78. The highest BCUT2D eigenvalue weighted by atomic mass is 35.5. The van der Waals surface area contributed by atoms with Crippen LogP contribution < -0.4 is 5.32 Å². The quantitative estimate of drug-likeness (QED) is 0.584. The number of hydrogen-bond acceptors (Lipinski definition) is 7. The molecule has 0 bridgehead atoms. The van der Waals surface area contributed by atoms with Gasteiger partial charge in [0, 0.05) is 6.54 Å². The van der Waals surface area contributed by atoms with E-state index in [2.05, 4.69) is 15.1 Å². The van der Waals surface area contributed by atoms with Crippen molar-refractivity contribution in [3.63, 3.8) is 0 Å². The molecule has 1 aliphatic rings. The molecule has 0 saturated carbocycles. The molecule has 1 aromatic carbocycles. The number of amides is 1. The minimum absolute atomic E-state index is 0.0916. The summed E-state index contributed by atoms with van der Waals surface area (Å²) in [5, 5.41) is 14.7. The number of rotatable bonds is 6. The van der Waals surface area contributed by atoms with Crippen molar-refractivity contribution < 1.29 is 14.7 Å². The van der Waals surface area contributed by atoms with Gasteiger partial charge in [-0.05, 0) is 29.0 Å². The van der Waals surface area contributed by atoms with Crippen LogP contribution >= 0.6 is 22.9 Å². The van der Waals surface area contributed by atoms with E-state index in [1.165, 1.54) is 11.3 Å². The Bertz CT molecular complexity index is 879. The van der Waals surface area contributed by atoms with Crippen LogP contribution in [0.1, 0.15) is 16.7 Å². The van der Waals surface area contributed by atoms with Crippen LogP contribution in [0.3, 0.4) is 0 Å². The van der Waals surface area contributed by atoms with Gasteiger partial charge < -0.3 is 10.2 Å². The highest BCUT2D eigenvalue weighted by molar-refractivity contribution is 7.15. The van der Waals surface area contributed by atoms with Gasteiger partial charge in [-0.1, -0.05) is 35.9 Å². The third kappa shape index (κ3) is 4.55. The van der Waals surface area contributed by atoms with Gasteiger partial charge in [0.1, 0.15) is 10.9 Å². The van der Waals surface area contributed by atoms with Gasteiger partial charge in [0.2, 0.25) is 11.9 Å². The maximum absolute atomic E-state index is 12.8. The molecule has 1 aromatic heterocycles. The average molecular weight is 409 g/mol. The standard InChI is InChI=1S/C17H17ClN4O4S/c1-11-10-27-16(18)15(11)20-17-19-6-7-21(17)14(23)8-12-4-2-3-5-13(12)9-26-22(24)25/h2-5,10H,6-9H2,1H3,(H,19,20). The highest BCUT2D eigenvalue weighted by Gasteiger charge is 2.25. The van der Waals surface area contributed by atoms with Crippen LogP contribution in [0, 0.1) is 17.0 Å². The van der Waals surface area contributed by atoms with Crippen LogP contribution in [0.4, 0.5) is 5.69 Å². The monoisotopic (exact) mass is 408 g/mol. The molecule has 10 heteroatoms. The van der Waals surface area contributed by atoms with E-state index in [9.17, 15) is 14.9 Å². The molecule has 2 aromatic rings. The second kappa shape index (κ2) is 8.36. The molecule has 0 saturated heterocycles. The lowest BCUT2D eigenvalue weighted by Crippen LogP contribution is -2.39. The second-order valence-corrected chi connectivity index (χ2v) is 7.37. The number of anilines is 1. The van der Waals surface area contributed by atoms with Gasteiger partial charge >= 0.3 is 0 Å². The summed E-state index contributed by atoms with van der Waals surface area (Å²) in [6.07, 6.45) is 0.0916. The Labute approximate surface area is 164 Å². The lowest BCUT2D eigenvalue weighted by atomic mass is 10.0. The minimum Gasteiger partial charge on any atom is -0.324 e. The van der Waals surface area contributed by atoms with Crippen molar-refractivity contribution in [1.82, 2.24) is 4.90 Å². The van der Waals surface area contributed by atoms with E-state index >= 15 is 0 Å². The zero-order valence-corrected chi connectivity index (χ0v) is 16.0. The summed E-state index contributed by atoms with van der Waals surface area (Å²) < 4.78 is 0.608. The second-order valence-electron chi connectivity index (χ2n) is 5.89. The number of aryl methyl sites for hydroxylation is 1. The van der Waals surface area contributed by atoms with Crippen molar-refractivity contribution in [2.24, 2.45) is 4.99 Å². The molecule has 0 unspecified atom stereocenters. The predicted molar refractivity (Wildman–Crippen MR) is 104 cm³/mol. The third-order valence-electron chi connectivity index (χ3n) is 4.09. The topological polar surface area (TPSA) is 97.1 Å². The summed E-state index contributed by atoms with van der Waals surface area (Å²) in [5.74, 6) is 0.304. The van der Waals surface area contributed by atoms with E-state index in [0.717, 1.165) is 11.3 Å². The summed E-state index contributed by atoms with van der Waals surface area (Å²) >= 11 is 7.60. The minimum atomic E-state index is -0.847. The number of benzene rings is 1. The Kier molecular flexibility index (Phi) is 5.92. The largest absolute Gasteiger partial charge is 0.324 e. The Hall–Kier alpha value is -2.65. The summed E-state index contributed by atoms with van der Waals surface area (Å²) in [5.41, 5.74) is 3.01. The molecule has 8 nitrogen and oxygen atoms in total. The molecule has 0 radical (unpaired) electrons. The van der Waals surface area contributed by atoms with Gasteiger partial charge in [0.05, 0.1) is 18.7 Å². The van der Waals surface area contributed by atoms with Crippen LogP contribution in [-0.4, -0.2) is 34.9 Å². The average Bonchev–Trinajstić information content (AvgIpc) is 3.23. The Morgan fingerprint density at radius 2 is 2.19 bits per heavy atom. The third-order valence-corrected chi connectivity index (χ3v) is 5.43. The fraction of sp³-hybridized carbons (Fsp3) is 0.294. The molecular weight excluding hydrogens is 392 g/mol. The molecule has 2 heterocycles. The molecule has 0 fully saturated rings. The molecular formula is C17H17ClN4O4S. The van der Waals surface area contributed by atoms with E-state index in [1.54, 1.807) is 29.2 Å². The number of halogens is 1. The summed E-state index contributed by atoms with van der Waals surface area (Å²) in [7, 11) is 0. The number of carbonyl (C=O) groups is 1. The van der Waals surface area contributed by atoms with E-state index < -0.39 is 5.09 Å². The first-order valence-corrected chi connectivity index (χ1v) is 9.41. The maximum Gasteiger partial charge on any atom is 0.294 e. The van der Waals surface area contributed by atoms with Crippen LogP contribution in [0.25, 0.3) is 0 Å². The number of thiophene rings is 1. The number of nitrogens with zero attached hydrogens (tertiary/aromatic N) is 3. The number of guanidine groups is 1. The van der Waals surface area contributed by atoms with Crippen molar-refractivity contribution in [2.75, 3.05) is 18.4 Å². The van der Waals surface area contributed by atoms with E-state index in [0.29, 0.717) is 34.5 Å². The lowest BCUT2D eigenvalue weighted by Gasteiger charge is -2.20. The van der Waals surface area contributed by atoms with Crippen molar-refractivity contribution in [2.45, 2.75) is 20.0 Å².